The molecule has 1 aromatic carbocycles. The molecule has 1 unspecified atom stereocenters. The van der Waals surface area contributed by atoms with Crippen LogP contribution in [-0.4, -0.2) is 27.9 Å². The van der Waals surface area contributed by atoms with E-state index in [1.807, 2.05) is 30.5 Å². The highest BCUT2D eigenvalue weighted by molar-refractivity contribution is 5.28. The lowest BCUT2D eigenvalue weighted by Crippen LogP contribution is -2.17. The molecule has 0 bridgehead atoms. The summed E-state index contributed by atoms with van der Waals surface area (Å²) < 4.78 is 7.23. The van der Waals surface area contributed by atoms with Crippen LogP contribution < -0.4 is 4.74 Å². The number of aryl methyl sites for hydroxylation is 1. The molecule has 0 spiro atoms. The first-order chi connectivity index (χ1) is 9.22. The van der Waals surface area contributed by atoms with Crippen LogP contribution in [-0.2, 0) is 19.4 Å². The van der Waals surface area contributed by atoms with E-state index in [0.717, 1.165) is 23.7 Å². The number of hydrogen-bond donors (Lipinski definition) is 1. The van der Waals surface area contributed by atoms with Gasteiger partial charge in [0.1, 0.15) is 11.6 Å². The lowest BCUT2D eigenvalue weighted by Gasteiger charge is -2.12. The van der Waals surface area contributed by atoms with Crippen LogP contribution in [0.3, 0.4) is 0 Å². The van der Waals surface area contributed by atoms with E-state index in [4.69, 9.17) is 4.74 Å². The Hall–Kier alpha value is -1.81. The van der Waals surface area contributed by atoms with Gasteiger partial charge in [-0.3, -0.25) is 0 Å². The van der Waals surface area contributed by atoms with Crippen LogP contribution in [0.2, 0.25) is 0 Å². The third-order valence-corrected chi connectivity index (χ3v) is 3.17. The molecular formula is C15H20N2O2. The van der Waals surface area contributed by atoms with E-state index in [1.165, 1.54) is 0 Å². The van der Waals surface area contributed by atoms with Crippen molar-refractivity contribution >= 4 is 0 Å². The van der Waals surface area contributed by atoms with Crippen LogP contribution in [0.25, 0.3) is 0 Å². The topological polar surface area (TPSA) is 47.3 Å². The van der Waals surface area contributed by atoms with Gasteiger partial charge < -0.3 is 14.4 Å². The molecule has 0 fully saturated rings. The van der Waals surface area contributed by atoms with Crippen molar-refractivity contribution in [3.63, 3.8) is 0 Å². The lowest BCUT2D eigenvalue weighted by molar-refractivity contribution is 0.171. The SMILES string of the molecule is CCn1ccnc1CC(O)Cc1cccc(OC)c1. The zero-order chi connectivity index (χ0) is 13.7. The Labute approximate surface area is 113 Å². The van der Waals surface area contributed by atoms with E-state index in [1.54, 1.807) is 13.3 Å². The third-order valence-electron chi connectivity index (χ3n) is 3.17. The molecule has 4 nitrogen and oxygen atoms in total. The first kappa shape index (κ1) is 13.6. The first-order valence-corrected chi connectivity index (χ1v) is 6.54. The number of benzene rings is 1. The van der Waals surface area contributed by atoms with Gasteiger partial charge in [-0.2, -0.15) is 0 Å². The average Bonchev–Trinajstić information content (AvgIpc) is 2.86. The largest absolute Gasteiger partial charge is 0.497 e. The van der Waals surface area contributed by atoms with Gasteiger partial charge in [-0.15, -0.1) is 0 Å². The number of nitrogens with zero attached hydrogens (tertiary/aromatic N) is 2. The van der Waals surface area contributed by atoms with Crippen LogP contribution >= 0.6 is 0 Å². The summed E-state index contributed by atoms with van der Waals surface area (Å²) in [6, 6.07) is 7.79. The summed E-state index contributed by atoms with van der Waals surface area (Å²) in [7, 11) is 1.65. The molecule has 1 N–H and O–H groups in total. The zero-order valence-electron chi connectivity index (χ0n) is 11.4. The molecule has 4 heteroatoms. The molecule has 0 saturated heterocycles. The maximum absolute atomic E-state index is 10.2. The summed E-state index contributed by atoms with van der Waals surface area (Å²) in [4.78, 5) is 4.28. The molecule has 2 aromatic rings. The van der Waals surface area contributed by atoms with Crippen LogP contribution in [0.4, 0.5) is 0 Å². The summed E-state index contributed by atoms with van der Waals surface area (Å²) in [6.45, 7) is 2.95. The van der Waals surface area contributed by atoms with Crippen molar-refractivity contribution in [2.24, 2.45) is 0 Å². The molecule has 0 aliphatic rings. The zero-order valence-corrected chi connectivity index (χ0v) is 11.4. The number of hydrogen-bond acceptors (Lipinski definition) is 3. The van der Waals surface area contributed by atoms with Crippen molar-refractivity contribution in [2.75, 3.05) is 7.11 Å². The molecule has 0 saturated carbocycles. The van der Waals surface area contributed by atoms with Crippen molar-refractivity contribution in [3.05, 3.63) is 48.0 Å². The molecule has 2 rings (SSSR count). The highest BCUT2D eigenvalue weighted by atomic mass is 16.5. The number of ether oxygens (including phenoxy) is 1. The van der Waals surface area contributed by atoms with Crippen LogP contribution in [0, 0.1) is 0 Å². The lowest BCUT2D eigenvalue weighted by atomic mass is 10.1. The maximum Gasteiger partial charge on any atom is 0.119 e. The fourth-order valence-corrected chi connectivity index (χ4v) is 2.17. The quantitative estimate of drug-likeness (QED) is 0.864. The van der Waals surface area contributed by atoms with Crippen LogP contribution in [0.5, 0.6) is 5.75 Å². The number of methoxy groups -OCH3 is 1. The molecule has 0 aliphatic heterocycles. The molecule has 0 radical (unpaired) electrons. The van der Waals surface area contributed by atoms with Gasteiger partial charge in [0.2, 0.25) is 0 Å². The minimum atomic E-state index is -0.431. The van der Waals surface area contributed by atoms with Crippen molar-refractivity contribution in [1.29, 1.82) is 0 Å². The number of aliphatic hydroxyl groups excluding tert-OH is 1. The Balaban J connectivity index is 1.99. The molecule has 19 heavy (non-hydrogen) atoms. The fraction of sp³-hybridized carbons (Fsp3) is 0.400. The van der Waals surface area contributed by atoms with E-state index in [-0.39, 0.29) is 0 Å². The van der Waals surface area contributed by atoms with Crippen molar-refractivity contribution in [1.82, 2.24) is 9.55 Å². The summed E-state index contributed by atoms with van der Waals surface area (Å²) in [5, 5.41) is 10.2. The summed E-state index contributed by atoms with van der Waals surface area (Å²) >= 11 is 0. The Kier molecular flexibility index (Phi) is 4.58. The summed E-state index contributed by atoms with van der Waals surface area (Å²) in [5.74, 6) is 1.75. The van der Waals surface area contributed by atoms with E-state index in [2.05, 4.69) is 16.5 Å². The molecule has 1 aromatic heterocycles. The first-order valence-electron chi connectivity index (χ1n) is 6.54. The molecule has 0 aliphatic carbocycles. The molecule has 1 atom stereocenters. The van der Waals surface area contributed by atoms with E-state index in [0.29, 0.717) is 12.8 Å². The standard InChI is InChI=1S/C15H20N2O2/c1-3-17-8-7-16-15(17)11-13(18)9-12-5-4-6-14(10-12)19-2/h4-8,10,13,18H,3,9,11H2,1-2H3. The van der Waals surface area contributed by atoms with Gasteiger partial charge in [0, 0.05) is 25.4 Å². The van der Waals surface area contributed by atoms with Crippen LogP contribution in [0.15, 0.2) is 36.7 Å². The fourth-order valence-electron chi connectivity index (χ4n) is 2.17. The predicted octanol–water partition coefficient (Wildman–Crippen LogP) is 2.06. The van der Waals surface area contributed by atoms with Gasteiger partial charge in [-0.25, -0.2) is 4.98 Å². The van der Waals surface area contributed by atoms with Gasteiger partial charge in [-0.1, -0.05) is 12.1 Å². The minimum Gasteiger partial charge on any atom is -0.497 e. The van der Waals surface area contributed by atoms with Gasteiger partial charge in [0.25, 0.3) is 0 Å². The highest BCUT2D eigenvalue weighted by Gasteiger charge is 2.11. The van der Waals surface area contributed by atoms with Crippen molar-refractivity contribution in [2.45, 2.75) is 32.4 Å². The van der Waals surface area contributed by atoms with Gasteiger partial charge in [0.15, 0.2) is 0 Å². The van der Waals surface area contributed by atoms with E-state index in [9.17, 15) is 5.11 Å². The van der Waals surface area contributed by atoms with Gasteiger partial charge >= 0.3 is 0 Å². The van der Waals surface area contributed by atoms with Crippen LogP contribution in [0.1, 0.15) is 18.3 Å². The Bertz CT molecular complexity index is 522. The molecule has 0 amide bonds. The maximum atomic E-state index is 10.2. The van der Waals surface area contributed by atoms with E-state index >= 15 is 0 Å². The number of imidazole rings is 1. The second-order valence-corrected chi connectivity index (χ2v) is 4.54. The second-order valence-electron chi connectivity index (χ2n) is 4.54. The minimum absolute atomic E-state index is 0.431. The number of aliphatic hydroxyl groups is 1. The second kappa shape index (κ2) is 6.38. The highest BCUT2D eigenvalue weighted by Crippen LogP contribution is 2.15. The predicted molar refractivity (Wildman–Crippen MR) is 74.3 cm³/mol. The van der Waals surface area contributed by atoms with Crippen molar-refractivity contribution < 1.29 is 9.84 Å². The number of aromatic nitrogens is 2. The van der Waals surface area contributed by atoms with Crippen molar-refractivity contribution in [3.8, 4) is 5.75 Å². The Morgan fingerprint density at radius 1 is 1.37 bits per heavy atom. The van der Waals surface area contributed by atoms with Gasteiger partial charge in [-0.05, 0) is 31.0 Å². The molecule has 102 valence electrons. The van der Waals surface area contributed by atoms with E-state index < -0.39 is 6.10 Å². The Morgan fingerprint density at radius 2 is 2.21 bits per heavy atom. The normalized spacial score (nSPS) is 12.4. The third kappa shape index (κ3) is 3.58. The summed E-state index contributed by atoms with van der Waals surface area (Å²) in [5.41, 5.74) is 1.07. The van der Waals surface area contributed by atoms with Gasteiger partial charge in [0.05, 0.1) is 13.2 Å². The Morgan fingerprint density at radius 3 is 2.95 bits per heavy atom. The monoisotopic (exact) mass is 260 g/mol. The number of rotatable bonds is 6. The molecule has 1 heterocycles. The molecular weight excluding hydrogens is 240 g/mol. The average molecular weight is 260 g/mol. The summed E-state index contributed by atoms with van der Waals surface area (Å²) in [6.07, 6.45) is 4.45. The smallest absolute Gasteiger partial charge is 0.119 e.